The Morgan fingerprint density at radius 2 is 2.06 bits per heavy atom. The Bertz CT molecular complexity index is 515. The first kappa shape index (κ1) is 10.7. The maximum atomic E-state index is 9.85. The topological polar surface area (TPSA) is 38.0 Å². The van der Waals surface area contributed by atoms with E-state index in [9.17, 15) is 5.11 Å². The quantitative estimate of drug-likeness (QED) is 0.838. The van der Waals surface area contributed by atoms with E-state index in [0.717, 1.165) is 16.8 Å². The minimum atomic E-state index is 0.263. The molecule has 0 bridgehead atoms. The molecule has 0 spiro atoms. The second-order valence-electron chi connectivity index (χ2n) is 3.98. The molecule has 0 atom stereocenters. The van der Waals surface area contributed by atoms with Crippen LogP contribution in [0.4, 0.5) is 0 Å². The third-order valence-corrected chi connectivity index (χ3v) is 2.75. The zero-order valence-corrected chi connectivity index (χ0v) is 9.86. The summed E-state index contributed by atoms with van der Waals surface area (Å²) in [5.41, 5.74) is 3.96. The van der Waals surface area contributed by atoms with E-state index in [4.69, 9.17) is 0 Å². The zero-order valence-electron chi connectivity index (χ0n) is 9.86. The van der Waals surface area contributed by atoms with Gasteiger partial charge in [0.05, 0.1) is 5.69 Å². The Kier molecular flexibility index (Phi) is 2.69. The van der Waals surface area contributed by atoms with Crippen LogP contribution in [0.15, 0.2) is 24.3 Å². The van der Waals surface area contributed by atoms with Gasteiger partial charge in [-0.3, -0.25) is 0 Å². The lowest BCUT2D eigenvalue weighted by Crippen LogP contribution is -1.95. The van der Waals surface area contributed by atoms with Crippen molar-refractivity contribution in [2.45, 2.75) is 27.3 Å². The second kappa shape index (κ2) is 4.00. The van der Waals surface area contributed by atoms with E-state index in [1.54, 1.807) is 4.68 Å². The molecule has 1 N–H and O–H groups in total. The van der Waals surface area contributed by atoms with Gasteiger partial charge in [0.2, 0.25) is 5.88 Å². The normalized spacial score (nSPS) is 10.7. The largest absolute Gasteiger partial charge is 0.493 e. The molecular formula is C13H16N2O. The van der Waals surface area contributed by atoms with Crippen LogP contribution in [0.2, 0.25) is 0 Å². The average molecular weight is 216 g/mol. The minimum absolute atomic E-state index is 0.263. The average Bonchev–Trinajstić information content (AvgIpc) is 2.56. The molecule has 3 nitrogen and oxygen atoms in total. The predicted octanol–water partition coefficient (Wildman–Crippen LogP) is 2.89. The molecule has 0 saturated carbocycles. The van der Waals surface area contributed by atoms with Crippen LogP contribution in [0.25, 0.3) is 11.3 Å². The summed E-state index contributed by atoms with van der Waals surface area (Å²) >= 11 is 0. The molecule has 0 saturated heterocycles. The highest BCUT2D eigenvalue weighted by Crippen LogP contribution is 2.28. The van der Waals surface area contributed by atoms with Gasteiger partial charge in [0.25, 0.3) is 0 Å². The molecule has 2 rings (SSSR count). The van der Waals surface area contributed by atoms with Crippen LogP contribution in [0.1, 0.15) is 18.1 Å². The molecule has 0 amide bonds. The number of aromatic hydroxyl groups is 1. The van der Waals surface area contributed by atoms with E-state index < -0.39 is 0 Å². The molecule has 0 aliphatic carbocycles. The smallest absolute Gasteiger partial charge is 0.212 e. The predicted molar refractivity (Wildman–Crippen MR) is 64.5 cm³/mol. The molecule has 3 heteroatoms. The second-order valence-corrected chi connectivity index (χ2v) is 3.98. The van der Waals surface area contributed by atoms with Crippen molar-refractivity contribution in [2.24, 2.45) is 0 Å². The summed E-state index contributed by atoms with van der Waals surface area (Å²) in [6, 6.07) is 8.15. The summed E-state index contributed by atoms with van der Waals surface area (Å²) in [5, 5.41) is 14.3. The van der Waals surface area contributed by atoms with E-state index in [0.29, 0.717) is 6.54 Å². The monoisotopic (exact) mass is 216 g/mol. The molecule has 0 aliphatic heterocycles. The first-order valence-electron chi connectivity index (χ1n) is 5.47. The highest BCUT2D eigenvalue weighted by Gasteiger charge is 2.13. The lowest BCUT2D eigenvalue weighted by atomic mass is 10.1. The van der Waals surface area contributed by atoms with Crippen molar-refractivity contribution in [2.75, 3.05) is 0 Å². The summed E-state index contributed by atoms with van der Waals surface area (Å²) < 4.78 is 1.62. The molecule has 16 heavy (non-hydrogen) atoms. The summed E-state index contributed by atoms with van der Waals surface area (Å²) in [4.78, 5) is 0. The Labute approximate surface area is 95.3 Å². The van der Waals surface area contributed by atoms with E-state index in [1.807, 2.05) is 26.0 Å². The third-order valence-electron chi connectivity index (χ3n) is 2.75. The van der Waals surface area contributed by atoms with Gasteiger partial charge in [0, 0.05) is 17.7 Å². The molecular weight excluding hydrogens is 200 g/mol. The van der Waals surface area contributed by atoms with Crippen molar-refractivity contribution in [3.8, 4) is 17.1 Å². The maximum Gasteiger partial charge on any atom is 0.212 e. The first-order chi connectivity index (χ1) is 7.63. The molecule has 1 aromatic heterocycles. The van der Waals surface area contributed by atoms with Crippen LogP contribution in [-0.2, 0) is 6.54 Å². The Morgan fingerprint density at radius 1 is 1.31 bits per heavy atom. The van der Waals surface area contributed by atoms with Gasteiger partial charge in [-0.15, -0.1) is 0 Å². The number of aromatic nitrogens is 2. The molecule has 84 valence electrons. The molecule has 0 radical (unpaired) electrons. The van der Waals surface area contributed by atoms with Crippen molar-refractivity contribution in [1.82, 2.24) is 9.78 Å². The molecule has 1 aromatic carbocycles. The van der Waals surface area contributed by atoms with Crippen molar-refractivity contribution < 1.29 is 5.11 Å². The van der Waals surface area contributed by atoms with Crippen molar-refractivity contribution in [3.05, 3.63) is 35.4 Å². The SMILES string of the molecule is CCn1nc(-c2cccc(C)c2)c(C)c1O. The van der Waals surface area contributed by atoms with Crippen molar-refractivity contribution in [1.29, 1.82) is 0 Å². The number of hydrogen-bond acceptors (Lipinski definition) is 2. The molecule has 0 aliphatic rings. The van der Waals surface area contributed by atoms with Crippen LogP contribution in [0.3, 0.4) is 0 Å². The number of rotatable bonds is 2. The molecule has 0 unspecified atom stereocenters. The fourth-order valence-electron chi connectivity index (χ4n) is 1.83. The molecule has 2 aromatic rings. The van der Waals surface area contributed by atoms with Crippen LogP contribution in [0, 0.1) is 13.8 Å². The van der Waals surface area contributed by atoms with Crippen LogP contribution in [-0.4, -0.2) is 14.9 Å². The summed E-state index contributed by atoms with van der Waals surface area (Å²) in [5.74, 6) is 0.263. The van der Waals surface area contributed by atoms with Crippen molar-refractivity contribution >= 4 is 0 Å². The standard InChI is InChI=1S/C13H16N2O/c1-4-15-13(16)10(3)12(14-15)11-7-5-6-9(2)8-11/h5-8,16H,4H2,1-3H3. The number of aryl methyl sites for hydroxylation is 2. The number of hydrogen-bond donors (Lipinski definition) is 1. The van der Waals surface area contributed by atoms with E-state index >= 15 is 0 Å². The highest BCUT2D eigenvalue weighted by atomic mass is 16.3. The molecule has 1 heterocycles. The number of benzene rings is 1. The van der Waals surface area contributed by atoms with Gasteiger partial charge in [-0.2, -0.15) is 5.10 Å². The van der Waals surface area contributed by atoms with Gasteiger partial charge >= 0.3 is 0 Å². The third kappa shape index (κ3) is 1.69. The van der Waals surface area contributed by atoms with Crippen LogP contribution < -0.4 is 0 Å². The van der Waals surface area contributed by atoms with Gasteiger partial charge in [0.15, 0.2) is 0 Å². The summed E-state index contributed by atoms with van der Waals surface area (Å²) in [7, 11) is 0. The van der Waals surface area contributed by atoms with E-state index in [1.165, 1.54) is 5.56 Å². The van der Waals surface area contributed by atoms with Gasteiger partial charge in [-0.1, -0.05) is 23.8 Å². The highest BCUT2D eigenvalue weighted by molar-refractivity contribution is 5.65. The fraction of sp³-hybridized carbons (Fsp3) is 0.308. The Hall–Kier alpha value is -1.77. The minimum Gasteiger partial charge on any atom is -0.493 e. The van der Waals surface area contributed by atoms with Crippen molar-refractivity contribution in [3.63, 3.8) is 0 Å². The first-order valence-corrected chi connectivity index (χ1v) is 5.47. The number of nitrogens with zero attached hydrogens (tertiary/aromatic N) is 2. The van der Waals surface area contributed by atoms with Crippen LogP contribution in [0.5, 0.6) is 5.88 Å². The Morgan fingerprint density at radius 3 is 2.62 bits per heavy atom. The zero-order chi connectivity index (χ0) is 11.7. The lowest BCUT2D eigenvalue weighted by molar-refractivity contribution is 0.402. The van der Waals surface area contributed by atoms with Crippen LogP contribution >= 0.6 is 0 Å². The maximum absolute atomic E-state index is 9.85. The van der Waals surface area contributed by atoms with Gasteiger partial charge in [-0.25, -0.2) is 4.68 Å². The molecule has 0 fully saturated rings. The van der Waals surface area contributed by atoms with Gasteiger partial charge in [-0.05, 0) is 26.8 Å². The fourth-order valence-corrected chi connectivity index (χ4v) is 1.83. The summed E-state index contributed by atoms with van der Waals surface area (Å²) in [6.45, 7) is 6.59. The van der Waals surface area contributed by atoms with Gasteiger partial charge < -0.3 is 5.11 Å². The van der Waals surface area contributed by atoms with E-state index in [2.05, 4.69) is 24.2 Å². The lowest BCUT2D eigenvalue weighted by Gasteiger charge is -1.99. The van der Waals surface area contributed by atoms with Gasteiger partial charge in [0.1, 0.15) is 0 Å². The summed E-state index contributed by atoms with van der Waals surface area (Å²) in [6.07, 6.45) is 0. The Balaban J connectivity index is 2.56. The van der Waals surface area contributed by atoms with E-state index in [-0.39, 0.29) is 5.88 Å².